The maximum Gasteiger partial charge on any atom is 0.113 e. The van der Waals surface area contributed by atoms with Gasteiger partial charge in [0.2, 0.25) is 0 Å². The van der Waals surface area contributed by atoms with Gasteiger partial charge in [0.25, 0.3) is 0 Å². The fourth-order valence-electron chi connectivity index (χ4n) is 10.7. The lowest BCUT2D eigenvalue weighted by Crippen LogP contribution is -2.82. The van der Waals surface area contributed by atoms with E-state index in [9.17, 15) is 0 Å². The van der Waals surface area contributed by atoms with E-state index >= 15 is 0 Å². The van der Waals surface area contributed by atoms with Crippen molar-refractivity contribution >= 4 is 0 Å². The normalized spacial score (nSPS) is 40.1. The van der Waals surface area contributed by atoms with Crippen molar-refractivity contribution in [3.8, 4) is 12.3 Å². The monoisotopic (exact) mass is 623 g/mol. The van der Waals surface area contributed by atoms with Gasteiger partial charge in [-0.15, -0.1) is 6.42 Å². The molecule has 4 aliphatic carbocycles. The summed E-state index contributed by atoms with van der Waals surface area (Å²) < 4.78 is 0. The van der Waals surface area contributed by atoms with Crippen molar-refractivity contribution in [2.24, 2.45) is 51.7 Å². The Bertz CT molecular complexity index is 1130. The second-order valence-electron chi connectivity index (χ2n) is 15.8. The number of nitrogens with two attached hydrogens (primary N) is 3. The lowest BCUT2D eigenvalue weighted by atomic mass is 9.40. The molecule has 0 radical (unpaired) electrons. The highest BCUT2D eigenvalue weighted by Crippen LogP contribution is 2.68. The van der Waals surface area contributed by atoms with Gasteiger partial charge in [-0.05, 0) is 111 Å². The van der Waals surface area contributed by atoms with Gasteiger partial charge in [0.05, 0.1) is 0 Å². The summed E-state index contributed by atoms with van der Waals surface area (Å²) in [5, 5.41) is 0. The highest BCUT2D eigenvalue weighted by Gasteiger charge is 2.70. The van der Waals surface area contributed by atoms with Crippen LogP contribution in [0, 0.1) is 46.8 Å². The minimum Gasteiger partial charge on any atom is -0.325 e. The van der Waals surface area contributed by atoms with Crippen LogP contribution in [0.2, 0.25) is 0 Å². The van der Waals surface area contributed by atoms with E-state index in [2.05, 4.69) is 73.4 Å². The molecule has 45 heavy (non-hydrogen) atoms. The molecule has 4 aliphatic rings. The van der Waals surface area contributed by atoms with Gasteiger partial charge in [0.15, 0.2) is 0 Å². The van der Waals surface area contributed by atoms with Crippen molar-refractivity contribution in [1.82, 2.24) is 4.98 Å². The molecule has 258 valence electrons. The molecule has 1 heterocycles. The maximum atomic E-state index is 7.67. The van der Waals surface area contributed by atoms with Crippen molar-refractivity contribution in [2.45, 2.75) is 182 Å². The molecular formula is C41H74N4. The van der Waals surface area contributed by atoms with Gasteiger partial charge in [-0.25, -0.2) is 4.98 Å². The van der Waals surface area contributed by atoms with Gasteiger partial charge in [-0.2, -0.15) is 0 Å². The zero-order chi connectivity index (χ0) is 34.5. The molecule has 4 nitrogen and oxygen atoms in total. The minimum atomic E-state index is -0.350. The molecule has 0 spiro atoms. The average molecular weight is 623 g/mol. The number of nitrogens with zero attached hydrogens (tertiary/aromatic N) is 1. The van der Waals surface area contributed by atoms with Crippen LogP contribution in [0.15, 0.2) is 18.2 Å². The van der Waals surface area contributed by atoms with Crippen LogP contribution in [0.1, 0.15) is 172 Å². The van der Waals surface area contributed by atoms with Crippen molar-refractivity contribution in [2.75, 3.05) is 0 Å². The first-order valence-electron chi connectivity index (χ1n) is 19.0. The standard InChI is InChI=1S/C34H54N4.C3H8.2C2H6/c1-8-24-12-11-13-28(38-24)30(6,10-3)23(4)25-14-15-26-31(25,7)17-16-27-33(26,36)20-19-32(35)22-29(5,9-2)18-21-34(27,32)37;1-3-2;2*1-2/h1,11-13,23,25-27H,9-10,14-22,35-37H2,2-7H3;3H2,1-2H3;2*1-2H3/t23?,25?,26?,27?,29-,30?,31?,32?,33?,34?;;;/m0.../s1. The molecule has 0 amide bonds. The van der Waals surface area contributed by atoms with E-state index in [1.807, 2.05) is 33.8 Å². The molecule has 1 aromatic heterocycles. The Morgan fingerprint density at radius 1 is 0.911 bits per heavy atom. The van der Waals surface area contributed by atoms with Crippen molar-refractivity contribution < 1.29 is 0 Å². The van der Waals surface area contributed by atoms with Crippen molar-refractivity contribution in [1.29, 1.82) is 0 Å². The number of hydrogen-bond donors (Lipinski definition) is 3. The first-order chi connectivity index (χ1) is 21.2. The third-order valence-electron chi connectivity index (χ3n) is 13.8. The summed E-state index contributed by atoms with van der Waals surface area (Å²) in [5.41, 5.74) is 24.0. The summed E-state index contributed by atoms with van der Waals surface area (Å²) in [6, 6.07) is 6.20. The van der Waals surface area contributed by atoms with E-state index in [0.717, 1.165) is 49.9 Å². The molecule has 6 N–H and O–H groups in total. The van der Waals surface area contributed by atoms with Crippen LogP contribution in [-0.2, 0) is 5.41 Å². The van der Waals surface area contributed by atoms with Crippen molar-refractivity contribution in [3.63, 3.8) is 0 Å². The highest BCUT2D eigenvalue weighted by molar-refractivity contribution is 5.31. The fraction of sp³-hybridized carbons (Fsp3) is 0.829. The zero-order valence-electron chi connectivity index (χ0n) is 31.8. The van der Waals surface area contributed by atoms with Gasteiger partial charge < -0.3 is 17.2 Å². The lowest BCUT2D eigenvalue weighted by Gasteiger charge is -2.69. The van der Waals surface area contributed by atoms with E-state index < -0.39 is 0 Å². The van der Waals surface area contributed by atoms with E-state index in [0.29, 0.717) is 29.1 Å². The number of aromatic nitrogens is 1. The van der Waals surface area contributed by atoms with Crippen LogP contribution in [0.5, 0.6) is 0 Å². The van der Waals surface area contributed by atoms with E-state index in [-0.39, 0.29) is 27.4 Å². The summed E-state index contributed by atoms with van der Waals surface area (Å²) in [5.74, 6) is 4.64. The summed E-state index contributed by atoms with van der Waals surface area (Å²) in [6.07, 6.45) is 19.2. The molecule has 0 bridgehead atoms. The SMILES string of the molecule is C#Cc1cccc(C(C)(CC)C(C)C2CCC3C2(C)CCC2C3(N)CCC3(N)C[C@@](C)(CC)CCC23N)n1.CC.CC.CCC. The molecule has 0 aliphatic heterocycles. The summed E-state index contributed by atoms with van der Waals surface area (Å²) >= 11 is 0. The molecule has 9 unspecified atom stereocenters. The van der Waals surface area contributed by atoms with Gasteiger partial charge in [0, 0.05) is 27.7 Å². The van der Waals surface area contributed by atoms with Crippen LogP contribution < -0.4 is 17.2 Å². The first-order valence-corrected chi connectivity index (χ1v) is 19.0. The topological polar surface area (TPSA) is 91.0 Å². The minimum absolute atomic E-state index is 0.0317. The predicted octanol–water partition coefficient (Wildman–Crippen LogP) is 9.76. The van der Waals surface area contributed by atoms with Crippen LogP contribution in [-0.4, -0.2) is 21.6 Å². The second kappa shape index (κ2) is 15.2. The Morgan fingerprint density at radius 3 is 2.09 bits per heavy atom. The Kier molecular flexibility index (Phi) is 13.4. The summed E-state index contributed by atoms with van der Waals surface area (Å²) in [6.45, 7) is 26.8. The first kappa shape index (κ1) is 39.8. The van der Waals surface area contributed by atoms with Crippen molar-refractivity contribution in [3.05, 3.63) is 29.6 Å². The number of terminal acetylenes is 1. The lowest BCUT2D eigenvalue weighted by molar-refractivity contribution is -0.122. The van der Waals surface area contributed by atoms with E-state index in [1.165, 1.54) is 38.5 Å². The third kappa shape index (κ3) is 6.67. The summed E-state index contributed by atoms with van der Waals surface area (Å²) in [7, 11) is 0. The third-order valence-corrected chi connectivity index (χ3v) is 13.8. The maximum absolute atomic E-state index is 7.67. The molecule has 0 saturated heterocycles. The number of pyridine rings is 1. The van der Waals surface area contributed by atoms with Gasteiger partial charge in [-0.1, -0.05) is 108 Å². The Hall–Kier alpha value is -1.41. The van der Waals surface area contributed by atoms with Gasteiger partial charge in [0.1, 0.15) is 5.69 Å². The van der Waals surface area contributed by atoms with E-state index in [4.69, 9.17) is 28.6 Å². The number of fused-ring (bicyclic) bond motifs is 5. The average Bonchev–Trinajstić information content (AvgIpc) is 3.41. The van der Waals surface area contributed by atoms with Gasteiger partial charge in [-0.3, -0.25) is 0 Å². The number of hydrogen-bond acceptors (Lipinski definition) is 4. The molecular weight excluding hydrogens is 548 g/mol. The number of rotatable bonds is 5. The Balaban J connectivity index is 0.000000934. The molecule has 4 fully saturated rings. The van der Waals surface area contributed by atoms with Crippen LogP contribution in [0.3, 0.4) is 0 Å². The van der Waals surface area contributed by atoms with Crippen LogP contribution >= 0.6 is 0 Å². The van der Waals surface area contributed by atoms with Gasteiger partial charge >= 0.3 is 0 Å². The molecule has 10 atom stereocenters. The molecule has 4 heteroatoms. The zero-order valence-corrected chi connectivity index (χ0v) is 31.8. The highest BCUT2D eigenvalue weighted by atomic mass is 15.0. The molecule has 0 aromatic carbocycles. The summed E-state index contributed by atoms with van der Waals surface area (Å²) in [4.78, 5) is 4.92. The smallest absolute Gasteiger partial charge is 0.113 e. The Labute approximate surface area is 280 Å². The Morgan fingerprint density at radius 2 is 1.53 bits per heavy atom. The molecule has 5 rings (SSSR count). The van der Waals surface area contributed by atoms with Crippen LogP contribution in [0.4, 0.5) is 0 Å². The quantitative estimate of drug-likeness (QED) is 0.285. The van der Waals surface area contributed by atoms with E-state index in [1.54, 1.807) is 0 Å². The molecule has 1 aromatic rings. The second-order valence-corrected chi connectivity index (χ2v) is 15.8. The largest absolute Gasteiger partial charge is 0.325 e. The fourth-order valence-corrected chi connectivity index (χ4v) is 10.7. The molecule has 4 saturated carbocycles. The predicted molar refractivity (Wildman–Crippen MR) is 197 cm³/mol. The van der Waals surface area contributed by atoms with Crippen LogP contribution in [0.25, 0.3) is 0 Å².